The van der Waals surface area contributed by atoms with E-state index < -0.39 is 0 Å². The summed E-state index contributed by atoms with van der Waals surface area (Å²) in [6, 6.07) is 0. The molecule has 90 valence electrons. The molecule has 0 spiro atoms. The number of hydrogen-bond acceptors (Lipinski definition) is 2. The van der Waals surface area contributed by atoms with Crippen LogP contribution in [0.2, 0.25) is 0 Å². The van der Waals surface area contributed by atoms with Crippen LogP contribution in [0.25, 0.3) is 0 Å². The molecule has 0 rings (SSSR count). The van der Waals surface area contributed by atoms with Gasteiger partial charge in [0.2, 0.25) is 0 Å². The molecular formula is C11H26N4. The van der Waals surface area contributed by atoms with Crippen LogP contribution in [0.4, 0.5) is 0 Å². The molecule has 0 aromatic heterocycles. The fourth-order valence-corrected chi connectivity index (χ4v) is 1.51. The molecule has 0 atom stereocenters. The van der Waals surface area contributed by atoms with E-state index in [4.69, 9.17) is 0 Å². The molecule has 4 nitrogen and oxygen atoms in total. The second kappa shape index (κ2) is 7.51. The van der Waals surface area contributed by atoms with Crippen LogP contribution in [0.1, 0.15) is 13.8 Å². The second-order valence-electron chi connectivity index (χ2n) is 4.00. The first-order chi connectivity index (χ1) is 7.02. The van der Waals surface area contributed by atoms with Crippen LogP contribution < -0.4 is 0 Å². The highest BCUT2D eigenvalue weighted by atomic mass is 15.3. The van der Waals surface area contributed by atoms with Crippen molar-refractivity contribution >= 4 is 5.96 Å². The summed E-state index contributed by atoms with van der Waals surface area (Å²) >= 11 is 0. The Morgan fingerprint density at radius 3 is 1.73 bits per heavy atom. The molecule has 0 radical (unpaired) electrons. The minimum Gasteiger partial charge on any atom is -0.349 e. The van der Waals surface area contributed by atoms with E-state index in [1.807, 2.05) is 38.0 Å². The van der Waals surface area contributed by atoms with Gasteiger partial charge in [0, 0.05) is 34.7 Å². The van der Waals surface area contributed by atoms with Gasteiger partial charge in [0.1, 0.15) is 0 Å². The standard InChI is InChI=1S/C11H26N4/c1-7-15(8-2)10-9-12-11(13(3)4)14(5)6/h7-10H2,1-6H3. The first-order valence-electron chi connectivity index (χ1n) is 5.64. The summed E-state index contributed by atoms with van der Waals surface area (Å²) < 4.78 is 0. The van der Waals surface area contributed by atoms with E-state index >= 15 is 0 Å². The molecule has 0 aromatic rings. The van der Waals surface area contributed by atoms with E-state index in [-0.39, 0.29) is 0 Å². The van der Waals surface area contributed by atoms with Crippen LogP contribution in [0, 0.1) is 0 Å². The Morgan fingerprint density at radius 2 is 1.40 bits per heavy atom. The summed E-state index contributed by atoms with van der Waals surface area (Å²) in [5.74, 6) is 1.03. The highest BCUT2D eigenvalue weighted by molar-refractivity contribution is 5.79. The highest BCUT2D eigenvalue weighted by Gasteiger charge is 2.04. The fourth-order valence-electron chi connectivity index (χ4n) is 1.51. The zero-order valence-electron chi connectivity index (χ0n) is 11.1. The summed E-state index contributed by atoms with van der Waals surface area (Å²) in [5.41, 5.74) is 0. The smallest absolute Gasteiger partial charge is 0.195 e. The van der Waals surface area contributed by atoms with Gasteiger partial charge in [-0.05, 0) is 13.1 Å². The van der Waals surface area contributed by atoms with Gasteiger partial charge in [-0.25, -0.2) is 0 Å². The first kappa shape index (κ1) is 14.2. The summed E-state index contributed by atoms with van der Waals surface area (Å²) in [5, 5.41) is 0. The molecule has 0 aromatic carbocycles. The zero-order chi connectivity index (χ0) is 11.8. The average Bonchev–Trinajstić information content (AvgIpc) is 2.17. The van der Waals surface area contributed by atoms with Crippen molar-refractivity contribution in [1.29, 1.82) is 0 Å². The molecule has 0 heterocycles. The Balaban J connectivity index is 4.11. The van der Waals surface area contributed by atoms with Crippen molar-refractivity contribution in [1.82, 2.24) is 14.7 Å². The average molecular weight is 214 g/mol. The highest BCUT2D eigenvalue weighted by Crippen LogP contribution is 1.91. The Kier molecular flexibility index (Phi) is 7.13. The molecule has 4 heteroatoms. The van der Waals surface area contributed by atoms with Gasteiger partial charge >= 0.3 is 0 Å². The Morgan fingerprint density at radius 1 is 0.933 bits per heavy atom. The van der Waals surface area contributed by atoms with E-state index in [9.17, 15) is 0 Å². The minimum atomic E-state index is 0.868. The lowest BCUT2D eigenvalue weighted by molar-refractivity contribution is 0.311. The lowest BCUT2D eigenvalue weighted by Crippen LogP contribution is -2.36. The van der Waals surface area contributed by atoms with Crippen molar-refractivity contribution < 1.29 is 0 Å². The van der Waals surface area contributed by atoms with Crippen LogP contribution in [0.3, 0.4) is 0 Å². The van der Waals surface area contributed by atoms with E-state index in [0.717, 1.165) is 32.1 Å². The number of guanidine groups is 1. The number of hydrogen-bond donors (Lipinski definition) is 0. The molecule has 0 aliphatic carbocycles. The quantitative estimate of drug-likeness (QED) is 0.499. The summed E-state index contributed by atoms with van der Waals surface area (Å²) in [6.45, 7) is 8.49. The topological polar surface area (TPSA) is 22.1 Å². The van der Waals surface area contributed by atoms with Crippen LogP contribution in [0.5, 0.6) is 0 Å². The van der Waals surface area contributed by atoms with Gasteiger partial charge in [-0.2, -0.15) is 0 Å². The molecule has 0 amide bonds. The molecule has 0 saturated heterocycles. The largest absolute Gasteiger partial charge is 0.349 e. The van der Waals surface area contributed by atoms with E-state index in [1.54, 1.807) is 0 Å². The minimum absolute atomic E-state index is 0.868. The van der Waals surface area contributed by atoms with Crippen LogP contribution in [0.15, 0.2) is 4.99 Å². The van der Waals surface area contributed by atoms with Crippen LogP contribution in [-0.4, -0.2) is 75.0 Å². The maximum atomic E-state index is 4.59. The third-order valence-corrected chi connectivity index (χ3v) is 2.36. The Labute approximate surface area is 94.6 Å². The first-order valence-corrected chi connectivity index (χ1v) is 5.64. The van der Waals surface area contributed by atoms with Gasteiger partial charge < -0.3 is 14.7 Å². The van der Waals surface area contributed by atoms with Crippen molar-refractivity contribution in [3.63, 3.8) is 0 Å². The predicted octanol–water partition coefficient (Wildman–Crippen LogP) is 0.807. The van der Waals surface area contributed by atoms with Gasteiger partial charge in [0.25, 0.3) is 0 Å². The molecule has 0 bridgehead atoms. The summed E-state index contributed by atoms with van der Waals surface area (Å²) in [7, 11) is 8.10. The van der Waals surface area contributed by atoms with Crippen molar-refractivity contribution in [2.24, 2.45) is 4.99 Å². The summed E-state index contributed by atoms with van der Waals surface area (Å²) in [4.78, 5) is 11.1. The normalized spacial score (nSPS) is 10.3. The Bertz CT molecular complexity index is 173. The van der Waals surface area contributed by atoms with Crippen molar-refractivity contribution in [3.8, 4) is 0 Å². The number of nitrogens with zero attached hydrogens (tertiary/aromatic N) is 4. The fraction of sp³-hybridized carbons (Fsp3) is 0.909. The zero-order valence-corrected chi connectivity index (χ0v) is 11.1. The second-order valence-corrected chi connectivity index (χ2v) is 4.00. The van der Waals surface area contributed by atoms with Crippen LogP contribution in [-0.2, 0) is 0 Å². The van der Waals surface area contributed by atoms with Crippen molar-refractivity contribution in [3.05, 3.63) is 0 Å². The third kappa shape index (κ3) is 5.62. The molecule has 0 unspecified atom stereocenters. The number of likely N-dealkylation sites (N-methyl/N-ethyl adjacent to an activating group) is 1. The third-order valence-electron chi connectivity index (χ3n) is 2.36. The lowest BCUT2D eigenvalue weighted by Gasteiger charge is -2.23. The lowest BCUT2D eigenvalue weighted by atomic mass is 10.5. The molecule has 0 aliphatic rings. The Hall–Kier alpha value is -0.770. The molecule has 0 fully saturated rings. The van der Waals surface area contributed by atoms with Crippen molar-refractivity contribution in [2.45, 2.75) is 13.8 Å². The number of aliphatic imine (C=N–C) groups is 1. The van der Waals surface area contributed by atoms with Crippen molar-refractivity contribution in [2.75, 3.05) is 54.4 Å². The van der Waals surface area contributed by atoms with Gasteiger partial charge in [0.05, 0.1) is 6.54 Å². The van der Waals surface area contributed by atoms with E-state index in [0.29, 0.717) is 0 Å². The molecule has 0 N–H and O–H groups in total. The van der Waals surface area contributed by atoms with Gasteiger partial charge in [-0.3, -0.25) is 4.99 Å². The summed E-state index contributed by atoms with van der Waals surface area (Å²) in [6.07, 6.45) is 0. The van der Waals surface area contributed by atoms with E-state index in [1.165, 1.54) is 0 Å². The monoisotopic (exact) mass is 214 g/mol. The predicted molar refractivity (Wildman–Crippen MR) is 67.5 cm³/mol. The molecular weight excluding hydrogens is 188 g/mol. The SMILES string of the molecule is CCN(CC)CCN=C(N(C)C)N(C)C. The molecule has 0 aliphatic heterocycles. The van der Waals surface area contributed by atoms with Gasteiger partial charge in [-0.1, -0.05) is 13.8 Å². The molecule has 15 heavy (non-hydrogen) atoms. The van der Waals surface area contributed by atoms with Gasteiger partial charge in [0.15, 0.2) is 5.96 Å². The molecule has 0 saturated carbocycles. The van der Waals surface area contributed by atoms with Crippen LogP contribution >= 0.6 is 0 Å². The maximum Gasteiger partial charge on any atom is 0.195 e. The number of rotatable bonds is 5. The van der Waals surface area contributed by atoms with Gasteiger partial charge in [-0.15, -0.1) is 0 Å². The van der Waals surface area contributed by atoms with E-state index in [2.05, 4.69) is 23.7 Å². The maximum absolute atomic E-state index is 4.59.